The maximum Gasteiger partial charge on any atom is 0.282 e. The van der Waals surface area contributed by atoms with Crippen molar-refractivity contribution in [2.24, 2.45) is 0 Å². The Balaban J connectivity index is 1.28. The van der Waals surface area contributed by atoms with Gasteiger partial charge in [-0.25, -0.2) is 9.36 Å². The van der Waals surface area contributed by atoms with Crippen LogP contribution in [0.3, 0.4) is 0 Å². The molecule has 0 aliphatic carbocycles. The normalized spacial score (nSPS) is 11.4. The smallest absolute Gasteiger partial charge is 0.282 e. The van der Waals surface area contributed by atoms with E-state index >= 15 is 0 Å². The van der Waals surface area contributed by atoms with E-state index in [4.69, 9.17) is 9.95 Å². The highest BCUT2D eigenvalue weighted by molar-refractivity contribution is 9.13. The van der Waals surface area contributed by atoms with Gasteiger partial charge in [-0.3, -0.25) is 4.79 Å². The van der Waals surface area contributed by atoms with Gasteiger partial charge in [-0.1, -0.05) is 159 Å². The Hall–Kier alpha value is -5.19. The molecule has 10 heteroatoms. The number of unbranched alkanes of at least 4 members (excludes halogenated alkanes) is 2. The summed E-state index contributed by atoms with van der Waals surface area (Å²) in [5, 5.41) is 18.3. The molecule has 2 aromatic heterocycles. The summed E-state index contributed by atoms with van der Waals surface area (Å²) in [6.45, 7) is 2.96. The number of aromatic nitrogens is 6. The van der Waals surface area contributed by atoms with Crippen LogP contribution in [0.25, 0.3) is 22.5 Å². The minimum Gasteiger partial charge on any atom is -0.476 e. The summed E-state index contributed by atoms with van der Waals surface area (Å²) in [6, 6.07) is 47.4. The SMILES string of the molecule is CCCCCOc1nn(Cc2ccc(-c3ccccc3-c3nnnn3C(c3ccccc3)(c3ccccc3)c3ccccc3)cc2)c(=O)c(Br)c1Br. The third kappa shape index (κ3) is 6.88. The van der Waals surface area contributed by atoms with E-state index in [1.54, 1.807) is 0 Å². The number of benzene rings is 5. The predicted octanol–water partition coefficient (Wildman–Crippen LogP) is 9.55. The summed E-state index contributed by atoms with van der Waals surface area (Å²) in [5.74, 6) is 1.02. The summed E-state index contributed by atoms with van der Waals surface area (Å²) in [5.41, 5.74) is 5.72. The van der Waals surface area contributed by atoms with Crippen LogP contribution in [-0.4, -0.2) is 36.6 Å². The lowest BCUT2D eigenvalue weighted by molar-refractivity contribution is 0.283. The van der Waals surface area contributed by atoms with Crippen molar-refractivity contribution in [2.45, 2.75) is 38.3 Å². The van der Waals surface area contributed by atoms with Crippen LogP contribution in [0.4, 0.5) is 0 Å². The number of rotatable bonds is 13. The molecule has 7 rings (SSSR count). The third-order valence-electron chi connectivity index (χ3n) is 9.13. The van der Waals surface area contributed by atoms with Crippen molar-refractivity contribution in [3.63, 3.8) is 0 Å². The summed E-state index contributed by atoms with van der Waals surface area (Å²) in [7, 11) is 0. The molecule has 260 valence electrons. The van der Waals surface area contributed by atoms with Gasteiger partial charge in [-0.15, -0.1) is 10.2 Å². The van der Waals surface area contributed by atoms with E-state index in [-0.39, 0.29) is 12.1 Å². The molecule has 0 N–H and O–H groups in total. The first-order valence-electron chi connectivity index (χ1n) is 17.3. The zero-order chi connectivity index (χ0) is 35.9. The monoisotopic (exact) mass is 814 g/mol. The summed E-state index contributed by atoms with van der Waals surface area (Å²) in [4.78, 5) is 13.2. The van der Waals surface area contributed by atoms with Gasteiger partial charge in [-0.05, 0) is 82.1 Å². The van der Waals surface area contributed by atoms with Gasteiger partial charge in [0.05, 0.1) is 13.2 Å². The Kier molecular flexibility index (Phi) is 10.8. The van der Waals surface area contributed by atoms with E-state index in [1.165, 1.54) is 4.68 Å². The van der Waals surface area contributed by atoms with Crippen LogP contribution in [-0.2, 0) is 12.1 Å². The largest absolute Gasteiger partial charge is 0.476 e. The van der Waals surface area contributed by atoms with Crippen molar-refractivity contribution in [1.82, 2.24) is 30.0 Å². The Morgan fingerprint density at radius 2 is 1.23 bits per heavy atom. The maximum absolute atomic E-state index is 13.2. The van der Waals surface area contributed by atoms with Gasteiger partial charge in [0.1, 0.15) is 14.5 Å². The predicted molar refractivity (Wildman–Crippen MR) is 211 cm³/mol. The van der Waals surface area contributed by atoms with Gasteiger partial charge < -0.3 is 4.74 Å². The second-order valence-corrected chi connectivity index (χ2v) is 14.0. The van der Waals surface area contributed by atoms with Crippen LogP contribution in [0, 0.1) is 0 Å². The van der Waals surface area contributed by atoms with Crippen molar-refractivity contribution in [3.05, 3.63) is 181 Å². The number of hydrogen-bond donors (Lipinski definition) is 0. The second-order valence-electron chi connectivity index (χ2n) is 12.4. The molecule has 0 radical (unpaired) electrons. The first kappa shape index (κ1) is 35.2. The molecule has 0 atom stereocenters. The average Bonchev–Trinajstić information content (AvgIpc) is 3.69. The molecule has 5 aromatic carbocycles. The lowest BCUT2D eigenvalue weighted by Gasteiger charge is -2.36. The standard InChI is InChI=1S/C42H36Br2N6O2/c1-2-3-15-28-52-40-37(43)38(44)41(51)49(46-40)29-30-24-26-31(27-25-30)35-22-13-14-23-36(35)39-45-47-48-50(39)42(32-16-7-4-8-17-32,33-18-9-5-10-19-33)34-20-11-6-12-21-34/h4-14,16-27H,2-3,15,28-29H2,1H3. The molecule has 52 heavy (non-hydrogen) atoms. The van der Waals surface area contributed by atoms with E-state index in [0.29, 0.717) is 27.3 Å². The molecule has 0 fully saturated rings. The first-order chi connectivity index (χ1) is 25.5. The van der Waals surface area contributed by atoms with E-state index in [0.717, 1.165) is 58.2 Å². The molecule has 0 saturated heterocycles. The molecule has 0 spiro atoms. The average molecular weight is 817 g/mol. The van der Waals surface area contributed by atoms with Crippen molar-refractivity contribution in [1.29, 1.82) is 0 Å². The fourth-order valence-corrected chi connectivity index (χ4v) is 7.34. The molecule has 0 saturated carbocycles. The molecule has 8 nitrogen and oxygen atoms in total. The van der Waals surface area contributed by atoms with E-state index in [1.807, 2.05) is 83.5 Å². The zero-order valence-electron chi connectivity index (χ0n) is 28.6. The van der Waals surface area contributed by atoms with Gasteiger partial charge >= 0.3 is 0 Å². The molecule has 0 unspecified atom stereocenters. The molecular weight excluding hydrogens is 780 g/mol. The van der Waals surface area contributed by atoms with Crippen molar-refractivity contribution < 1.29 is 4.74 Å². The maximum atomic E-state index is 13.2. The number of nitrogens with zero attached hydrogens (tertiary/aromatic N) is 6. The molecular formula is C42H36Br2N6O2. The zero-order valence-corrected chi connectivity index (χ0v) is 31.7. The number of halogens is 2. The van der Waals surface area contributed by atoms with Crippen molar-refractivity contribution in [2.75, 3.05) is 6.61 Å². The van der Waals surface area contributed by atoms with Gasteiger partial charge in [-0.2, -0.15) is 0 Å². The van der Waals surface area contributed by atoms with E-state index in [2.05, 4.69) is 115 Å². The summed E-state index contributed by atoms with van der Waals surface area (Å²) >= 11 is 6.90. The summed E-state index contributed by atoms with van der Waals surface area (Å²) < 4.78 is 10.2. The number of ether oxygens (including phenoxy) is 1. The Labute approximate surface area is 319 Å². The highest BCUT2D eigenvalue weighted by atomic mass is 79.9. The molecule has 0 amide bonds. The van der Waals surface area contributed by atoms with Crippen molar-refractivity contribution in [3.8, 4) is 28.4 Å². The van der Waals surface area contributed by atoms with Crippen molar-refractivity contribution >= 4 is 31.9 Å². The molecule has 2 heterocycles. The Morgan fingerprint density at radius 1 is 0.673 bits per heavy atom. The lowest BCUT2D eigenvalue weighted by atomic mass is 9.77. The summed E-state index contributed by atoms with van der Waals surface area (Å²) in [6.07, 6.45) is 3.08. The molecule has 7 aromatic rings. The van der Waals surface area contributed by atoms with Crippen LogP contribution in [0.2, 0.25) is 0 Å². The van der Waals surface area contributed by atoms with Gasteiger partial charge in [0.15, 0.2) is 5.82 Å². The third-order valence-corrected chi connectivity index (χ3v) is 11.1. The van der Waals surface area contributed by atoms with Crippen LogP contribution >= 0.6 is 31.9 Å². The van der Waals surface area contributed by atoms with Crippen LogP contribution < -0.4 is 10.3 Å². The minimum atomic E-state index is -0.878. The van der Waals surface area contributed by atoms with Crippen LogP contribution in [0.1, 0.15) is 48.4 Å². The first-order valence-corrected chi connectivity index (χ1v) is 18.8. The van der Waals surface area contributed by atoms with Gasteiger partial charge in [0, 0.05) is 5.56 Å². The van der Waals surface area contributed by atoms with Crippen LogP contribution in [0.5, 0.6) is 5.88 Å². The highest BCUT2D eigenvalue weighted by Gasteiger charge is 2.42. The Bertz CT molecular complexity index is 2220. The van der Waals surface area contributed by atoms with Crippen LogP contribution in [0.15, 0.2) is 153 Å². The van der Waals surface area contributed by atoms with E-state index < -0.39 is 5.54 Å². The minimum absolute atomic E-state index is 0.243. The molecule has 0 aliphatic rings. The highest BCUT2D eigenvalue weighted by Crippen LogP contribution is 2.43. The topological polar surface area (TPSA) is 87.7 Å². The fourth-order valence-electron chi connectivity index (χ4n) is 6.60. The van der Waals surface area contributed by atoms with E-state index in [9.17, 15) is 4.79 Å². The number of tetrazole rings is 1. The lowest BCUT2D eigenvalue weighted by Crippen LogP contribution is -2.39. The quantitative estimate of drug-likeness (QED) is 0.0852. The number of hydrogen-bond acceptors (Lipinski definition) is 6. The van der Waals surface area contributed by atoms with Gasteiger partial charge in [0.25, 0.3) is 5.56 Å². The fraction of sp³-hybridized carbons (Fsp3) is 0.167. The Morgan fingerprint density at radius 3 is 1.81 bits per heavy atom. The molecule has 0 aliphatic heterocycles. The second kappa shape index (κ2) is 16.0. The molecule has 0 bridgehead atoms. The van der Waals surface area contributed by atoms with Gasteiger partial charge in [0.2, 0.25) is 5.88 Å².